The summed E-state index contributed by atoms with van der Waals surface area (Å²) in [7, 11) is 0. The van der Waals surface area contributed by atoms with E-state index in [0.717, 1.165) is 8.04 Å². The van der Waals surface area contributed by atoms with Crippen LogP contribution in [0.2, 0.25) is 0 Å². The second-order valence-corrected chi connectivity index (χ2v) is 6.01. The predicted octanol–water partition coefficient (Wildman–Crippen LogP) is 2.43. The fourth-order valence-electron chi connectivity index (χ4n) is 1.25. The molecular formula is C11H12BrIN2O2S. The predicted molar refractivity (Wildman–Crippen MR) is 86.9 cm³/mol. The highest BCUT2D eigenvalue weighted by Gasteiger charge is 2.18. The summed E-state index contributed by atoms with van der Waals surface area (Å²) in [5, 5.41) is 5.28. The first-order valence-electron chi connectivity index (χ1n) is 5.08. The molecule has 1 rings (SSSR count). The van der Waals surface area contributed by atoms with Crippen LogP contribution in [0.4, 0.5) is 5.69 Å². The minimum atomic E-state index is -0.642. The molecule has 4 nitrogen and oxygen atoms in total. The van der Waals surface area contributed by atoms with Crippen LogP contribution in [0.25, 0.3) is 0 Å². The Labute approximate surface area is 133 Å². The molecule has 0 heterocycles. The van der Waals surface area contributed by atoms with Crippen molar-refractivity contribution in [3.05, 3.63) is 26.2 Å². The molecule has 0 saturated carbocycles. The number of anilines is 1. The highest BCUT2D eigenvalue weighted by atomic mass is 127. The Morgan fingerprint density at radius 1 is 1.50 bits per heavy atom. The molecule has 1 unspecified atom stereocenters. The second kappa shape index (κ2) is 7.34. The first-order chi connectivity index (χ1) is 8.43. The monoisotopic (exact) mass is 442 g/mol. The molecule has 0 bridgehead atoms. The van der Waals surface area contributed by atoms with Crippen molar-refractivity contribution in [2.75, 3.05) is 11.1 Å². The maximum absolute atomic E-state index is 11.9. The van der Waals surface area contributed by atoms with Crippen LogP contribution in [0.5, 0.6) is 0 Å². The van der Waals surface area contributed by atoms with Gasteiger partial charge in [0.15, 0.2) is 0 Å². The van der Waals surface area contributed by atoms with Crippen molar-refractivity contribution in [3.8, 4) is 0 Å². The van der Waals surface area contributed by atoms with Gasteiger partial charge in [0.1, 0.15) is 6.04 Å². The lowest BCUT2D eigenvalue weighted by molar-refractivity contribution is -0.124. The lowest BCUT2D eigenvalue weighted by Crippen LogP contribution is -2.44. The number of carbonyl (C=O) groups is 2. The van der Waals surface area contributed by atoms with Gasteiger partial charge in [-0.05, 0) is 56.7 Å². The van der Waals surface area contributed by atoms with Crippen molar-refractivity contribution in [2.24, 2.45) is 0 Å². The van der Waals surface area contributed by atoms with Gasteiger partial charge in [0, 0.05) is 20.7 Å². The molecule has 0 aliphatic carbocycles. The van der Waals surface area contributed by atoms with E-state index in [9.17, 15) is 9.59 Å². The Bertz CT molecular complexity index is 470. The molecule has 0 aromatic heterocycles. The van der Waals surface area contributed by atoms with Crippen LogP contribution in [-0.4, -0.2) is 23.6 Å². The molecule has 2 N–H and O–H groups in total. The molecule has 1 atom stereocenters. The summed E-state index contributed by atoms with van der Waals surface area (Å²) in [4.78, 5) is 22.9. The number of thiol groups is 1. The Balaban J connectivity index is 2.76. The number of nitrogens with one attached hydrogen (secondary N) is 2. The molecule has 0 radical (unpaired) electrons. The number of halogens is 2. The maximum Gasteiger partial charge on any atom is 0.247 e. The van der Waals surface area contributed by atoms with E-state index in [1.54, 1.807) is 6.07 Å². The van der Waals surface area contributed by atoms with E-state index in [1.807, 2.05) is 12.1 Å². The lowest BCUT2D eigenvalue weighted by Gasteiger charge is -2.16. The zero-order chi connectivity index (χ0) is 13.7. The Hall–Kier alpha value is -0.280. The van der Waals surface area contributed by atoms with E-state index >= 15 is 0 Å². The molecule has 7 heteroatoms. The fraction of sp³-hybridized carbons (Fsp3) is 0.273. The largest absolute Gasteiger partial charge is 0.344 e. The third-order valence-electron chi connectivity index (χ3n) is 2.07. The topological polar surface area (TPSA) is 58.2 Å². The molecule has 1 aromatic carbocycles. The van der Waals surface area contributed by atoms with Gasteiger partial charge in [0.25, 0.3) is 0 Å². The molecule has 0 saturated heterocycles. The zero-order valence-electron chi connectivity index (χ0n) is 9.54. The van der Waals surface area contributed by atoms with Gasteiger partial charge in [-0.15, -0.1) is 0 Å². The molecule has 0 aliphatic rings. The molecule has 1 aromatic rings. The summed E-state index contributed by atoms with van der Waals surface area (Å²) in [6, 6.07) is 4.93. The third-order valence-corrected chi connectivity index (χ3v) is 3.76. The number of hydrogen-bond donors (Lipinski definition) is 3. The Morgan fingerprint density at radius 2 is 2.17 bits per heavy atom. The van der Waals surface area contributed by atoms with Gasteiger partial charge in [-0.2, -0.15) is 12.6 Å². The molecule has 18 heavy (non-hydrogen) atoms. The molecule has 0 aliphatic heterocycles. The van der Waals surface area contributed by atoms with Crippen LogP contribution in [0.3, 0.4) is 0 Å². The van der Waals surface area contributed by atoms with Gasteiger partial charge in [-0.1, -0.05) is 0 Å². The van der Waals surface area contributed by atoms with Crippen LogP contribution in [-0.2, 0) is 9.59 Å². The Morgan fingerprint density at radius 3 is 2.67 bits per heavy atom. The van der Waals surface area contributed by atoms with E-state index in [2.05, 4.69) is 61.8 Å². The van der Waals surface area contributed by atoms with Gasteiger partial charge >= 0.3 is 0 Å². The fourth-order valence-corrected chi connectivity index (χ4v) is 2.90. The minimum Gasteiger partial charge on any atom is -0.344 e. The highest BCUT2D eigenvalue weighted by molar-refractivity contribution is 14.1. The Kier molecular flexibility index (Phi) is 6.44. The van der Waals surface area contributed by atoms with E-state index < -0.39 is 6.04 Å². The van der Waals surface area contributed by atoms with Crippen molar-refractivity contribution in [1.29, 1.82) is 0 Å². The van der Waals surface area contributed by atoms with Gasteiger partial charge in [-0.3, -0.25) is 9.59 Å². The molecule has 0 spiro atoms. The summed E-state index contributed by atoms with van der Waals surface area (Å²) in [5.74, 6) is -0.305. The maximum atomic E-state index is 11.9. The standard InChI is InChI=1S/C11H12BrIN2O2S/c1-6(16)14-10(5-18)11(17)15-9-3-2-7(13)4-8(9)12/h2-4,10,18H,5H2,1H3,(H,14,16)(H,15,17). The van der Waals surface area contributed by atoms with Gasteiger partial charge in [0.2, 0.25) is 11.8 Å². The number of amides is 2. The number of rotatable bonds is 4. The summed E-state index contributed by atoms with van der Waals surface area (Å²) >= 11 is 9.60. The van der Waals surface area contributed by atoms with Crippen LogP contribution in [0, 0.1) is 3.57 Å². The SMILES string of the molecule is CC(=O)NC(CS)C(=O)Nc1ccc(I)cc1Br. The minimum absolute atomic E-state index is 0.243. The molecule has 98 valence electrons. The van der Waals surface area contributed by atoms with Crippen LogP contribution in [0.1, 0.15) is 6.92 Å². The van der Waals surface area contributed by atoms with Gasteiger partial charge in [-0.25, -0.2) is 0 Å². The lowest BCUT2D eigenvalue weighted by atomic mass is 10.2. The third kappa shape index (κ3) is 4.77. The molecule has 2 amide bonds. The zero-order valence-corrected chi connectivity index (χ0v) is 14.2. The van der Waals surface area contributed by atoms with E-state index in [4.69, 9.17) is 0 Å². The van der Waals surface area contributed by atoms with E-state index in [1.165, 1.54) is 6.92 Å². The number of benzene rings is 1. The molecular weight excluding hydrogens is 431 g/mol. The summed E-state index contributed by atoms with van der Waals surface area (Å²) in [6.07, 6.45) is 0. The first-order valence-corrected chi connectivity index (χ1v) is 7.58. The van der Waals surface area contributed by atoms with Crippen molar-refractivity contribution in [2.45, 2.75) is 13.0 Å². The number of carbonyl (C=O) groups excluding carboxylic acids is 2. The van der Waals surface area contributed by atoms with Crippen molar-refractivity contribution < 1.29 is 9.59 Å². The highest BCUT2D eigenvalue weighted by Crippen LogP contribution is 2.24. The van der Waals surface area contributed by atoms with Crippen LogP contribution < -0.4 is 10.6 Å². The second-order valence-electron chi connectivity index (χ2n) is 3.55. The van der Waals surface area contributed by atoms with E-state index in [-0.39, 0.29) is 17.6 Å². The summed E-state index contributed by atoms with van der Waals surface area (Å²) < 4.78 is 1.86. The van der Waals surface area contributed by atoms with Gasteiger partial charge in [0.05, 0.1) is 5.69 Å². The summed E-state index contributed by atoms with van der Waals surface area (Å²) in [6.45, 7) is 1.37. The van der Waals surface area contributed by atoms with E-state index in [0.29, 0.717) is 5.69 Å². The average Bonchev–Trinajstić information content (AvgIpc) is 2.29. The average molecular weight is 443 g/mol. The van der Waals surface area contributed by atoms with Gasteiger partial charge < -0.3 is 10.6 Å². The summed E-state index contributed by atoms with van der Waals surface area (Å²) in [5.41, 5.74) is 0.664. The first kappa shape index (κ1) is 15.8. The molecule has 0 fully saturated rings. The quantitative estimate of drug-likeness (QED) is 0.495. The normalized spacial score (nSPS) is 11.8. The smallest absolute Gasteiger partial charge is 0.247 e. The van der Waals surface area contributed by atoms with Crippen LogP contribution in [0.15, 0.2) is 22.7 Å². The number of hydrogen-bond acceptors (Lipinski definition) is 3. The van der Waals surface area contributed by atoms with Crippen molar-refractivity contribution >= 4 is 68.7 Å². The van der Waals surface area contributed by atoms with Crippen molar-refractivity contribution in [1.82, 2.24) is 5.32 Å². The van der Waals surface area contributed by atoms with Crippen molar-refractivity contribution in [3.63, 3.8) is 0 Å². The van der Waals surface area contributed by atoms with Crippen LogP contribution >= 0.6 is 51.1 Å².